The van der Waals surface area contributed by atoms with Crippen molar-refractivity contribution in [3.8, 4) is 0 Å². The molecule has 1 aromatic carbocycles. The first kappa shape index (κ1) is 19.8. The van der Waals surface area contributed by atoms with Gasteiger partial charge >= 0.3 is 0 Å². The van der Waals surface area contributed by atoms with E-state index in [9.17, 15) is 9.59 Å². The van der Waals surface area contributed by atoms with Crippen LogP contribution in [-0.4, -0.2) is 40.8 Å². The highest BCUT2D eigenvalue weighted by Crippen LogP contribution is 2.23. The molecule has 152 valence electrons. The number of hydrogen-bond acceptors (Lipinski definition) is 4. The number of carbonyl (C=O) groups excluding carboxylic acids is 2. The van der Waals surface area contributed by atoms with Crippen LogP contribution in [0.4, 0.5) is 0 Å². The van der Waals surface area contributed by atoms with Crippen LogP contribution in [0.15, 0.2) is 42.7 Å². The molecule has 0 spiro atoms. The lowest BCUT2D eigenvalue weighted by Gasteiger charge is -2.17. The molecule has 1 saturated heterocycles. The number of nitrogens with zero attached hydrogens (tertiary/aromatic N) is 2. The summed E-state index contributed by atoms with van der Waals surface area (Å²) in [5.41, 5.74) is 4.51. The van der Waals surface area contributed by atoms with Gasteiger partial charge in [0.05, 0.1) is 12.7 Å². The third-order valence-corrected chi connectivity index (χ3v) is 5.97. The summed E-state index contributed by atoms with van der Waals surface area (Å²) in [5.74, 6) is 0.114. The van der Waals surface area contributed by atoms with Crippen LogP contribution in [0.3, 0.4) is 0 Å². The summed E-state index contributed by atoms with van der Waals surface area (Å²) in [6, 6.07) is 9.93. The van der Waals surface area contributed by atoms with Crippen LogP contribution in [0, 0.1) is 0 Å². The number of likely N-dealkylation sites (tertiary alicyclic amines) is 1. The topological polar surface area (TPSA) is 59.5 Å². The average Bonchev–Trinajstić information content (AvgIpc) is 3.25. The molecular weight excluding hydrogens is 364 g/mol. The second-order valence-corrected chi connectivity index (χ2v) is 8.03. The van der Waals surface area contributed by atoms with Gasteiger partial charge in [-0.1, -0.05) is 12.1 Å². The minimum atomic E-state index is 0.0475. The van der Waals surface area contributed by atoms with Gasteiger partial charge in [-0.3, -0.25) is 14.6 Å². The minimum absolute atomic E-state index is 0.0475. The molecule has 1 unspecified atom stereocenters. The number of aryl methyl sites for hydroxylation is 2. The Labute approximate surface area is 172 Å². The maximum absolute atomic E-state index is 12.6. The summed E-state index contributed by atoms with van der Waals surface area (Å²) < 4.78 is 5.93. The van der Waals surface area contributed by atoms with E-state index in [1.165, 1.54) is 24.0 Å². The molecule has 1 fully saturated rings. The molecule has 0 saturated carbocycles. The number of hydrogen-bond donors (Lipinski definition) is 0. The molecule has 1 atom stereocenters. The van der Waals surface area contributed by atoms with Crippen molar-refractivity contribution >= 4 is 11.7 Å². The highest BCUT2D eigenvalue weighted by molar-refractivity contribution is 5.98. The third-order valence-electron chi connectivity index (χ3n) is 5.97. The zero-order chi connectivity index (χ0) is 20.1. The summed E-state index contributed by atoms with van der Waals surface area (Å²) in [7, 11) is 0. The van der Waals surface area contributed by atoms with Gasteiger partial charge in [-0.05, 0) is 67.0 Å². The van der Waals surface area contributed by atoms with Crippen molar-refractivity contribution in [2.45, 2.75) is 57.7 Å². The van der Waals surface area contributed by atoms with Gasteiger partial charge in [0.1, 0.15) is 0 Å². The zero-order valence-electron chi connectivity index (χ0n) is 16.8. The predicted octanol–water partition coefficient (Wildman–Crippen LogP) is 3.74. The van der Waals surface area contributed by atoms with Gasteiger partial charge in [-0.15, -0.1) is 0 Å². The number of ether oxygens (including phenoxy) is 1. The maximum Gasteiger partial charge on any atom is 0.223 e. The Morgan fingerprint density at radius 1 is 1.03 bits per heavy atom. The molecule has 1 aliphatic carbocycles. The van der Waals surface area contributed by atoms with E-state index in [0.717, 1.165) is 30.4 Å². The number of benzene rings is 1. The lowest BCUT2D eigenvalue weighted by atomic mass is 9.89. The molecule has 2 heterocycles. The summed E-state index contributed by atoms with van der Waals surface area (Å²) in [5, 5.41) is 0. The first-order valence-corrected chi connectivity index (χ1v) is 10.6. The second kappa shape index (κ2) is 9.31. The van der Waals surface area contributed by atoms with Crippen molar-refractivity contribution in [1.29, 1.82) is 0 Å². The van der Waals surface area contributed by atoms with Crippen LogP contribution in [0.1, 0.15) is 59.2 Å². The lowest BCUT2D eigenvalue weighted by molar-refractivity contribution is -0.130. The van der Waals surface area contributed by atoms with Crippen molar-refractivity contribution < 1.29 is 14.3 Å². The highest BCUT2D eigenvalue weighted by atomic mass is 16.5. The molecule has 2 aliphatic rings. The highest BCUT2D eigenvalue weighted by Gasteiger charge is 2.27. The van der Waals surface area contributed by atoms with Gasteiger partial charge in [0.2, 0.25) is 5.91 Å². The monoisotopic (exact) mass is 392 g/mol. The van der Waals surface area contributed by atoms with Gasteiger partial charge in [-0.2, -0.15) is 0 Å². The quantitative estimate of drug-likeness (QED) is 0.674. The number of aromatic nitrogens is 1. The lowest BCUT2D eigenvalue weighted by Crippen LogP contribution is -2.30. The Balaban J connectivity index is 1.23. The van der Waals surface area contributed by atoms with E-state index >= 15 is 0 Å². The number of carbonyl (C=O) groups is 2. The normalized spacial score (nSPS) is 18.5. The Bertz CT molecular complexity index is 866. The third kappa shape index (κ3) is 5.10. The first-order chi connectivity index (χ1) is 14.2. The van der Waals surface area contributed by atoms with Crippen LogP contribution in [0.5, 0.6) is 0 Å². The van der Waals surface area contributed by atoms with Crippen molar-refractivity contribution in [2.75, 3.05) is 13.1 Å². The van der Waals surface area contributed by atoms with E-state index in [2.05, 4.69) is 11.1 Å². The average molecular weight is 392 g/mol. The smallest absolute Gasteiger partial charge is 0.223 e. The summed E-state index contributed by atoms with van der Waals surface area (Å²) in [6.07, 6.45) is 9.56. The second-order valence-electron chi connectivity index (χ2n) is 8.03. The van der Waals surface area contributed by atoms with Crippen molar-refractivity contribution in [1.82, 2.24) is 9.88 Å². The van der Waals surface area contributed by atoms with Crippen LogP contribution >= 0.6 is 0 Å². The van der Waals surface area contributed by atoms with Gasteiger partial charge in [0, 0.05) is 43.9 Å². The summed E-state index contributed by atoms with van der Waals surface area (Å²) >= 11 is 0. The molecule has 5 heteroatoms. The molecule has 0 radical (unpaired) electrons. The van der Waals surface area contributed by atoms with Crippen LogP contribution in [-0.2, 0) is 29.0 Å². The standard InChI is InChI=1S/C24H28N2O3/c27-23(21-6-5-19-3-1-2-4-20(19)15-21)7-8-24(28)26-14-11-22(16-26)29-17-18-9-12-25-13-10-18/h5-6,9-10,12-13,15,22H,1-4,7-8,11,14,16-17H2. The van der Waals surface area contributed by atoms with Crippen LogP contribution in [0.25, 0.3) is 0 Å². The molecule has 2 aromatic rings. The fourth-order valence-corrected chi connectivity index (χ4v) is 4.21. The van der Waals surface area contributed by atoms with Crippen molar-refractivity contribution in [3.05, 3.63) is 65.0 Å². The fraction of sp³-hybridized carbons (Fsp3) is 0.458. The molecule has 0 N–H and O–H groups in total. The van der Waals surface area contributed by atoms with Crippen LogP contribution < -0.4 is 0 Å². The van der Waals surface area contributed by atoms with E-state index in [4.69, 9.17) is 4.74 Å². The van der Waals surface area contributed by atoms with E-state index in [0.29, 0.717) is 19.7 Å². The number of fused-ring (bicyclic) bond motifs is 1. The molecule has 1 amide bonds. The number of amides is 1. The van der Waals surface area contributed by atoms with E-state index in [1.54, 1.807) is 12.4 Å². The fourth-order valence-electron chi connectivity index (χ4n) is 4.21. The molecule has 5 nitrogen and oxygen atoms in total. The summed E-state index contributed by atoms with van der Waals surface area (Å²) in [4.78, 5) is 30.9. The maximum atomic E-state index is 12.6. The van der Waals surface area contributed by atoms with Gasteiger partial charge in [-0.25, -0.2) is 0 Å². The Morgan fingerprint density at radius 2 is 1.83 bits per heavy atom. The molecule has 29 heavy (non-hydrogen) atoms. The zero-order valence-corrected chi connectivity index (χ0v) is 16.8. The molecule has 4 rings (SSSR count). The Hall–Kier alpha value is -2.53. The Morgan fingerprint density at radius 3 is 2.66 bits per heavy atom. The molecule has 1 aliphatic heterocycles. The van der Waals surface area contributed by atoms with Gasteiger partial charge in [0.15, 0.2) is 5.78 Å². The minimum Gasteiger partial charge on any atom is -0.372 e. The summed E-state index contributed by atoms with van der Waals surface area (Å²) in [6.45, 7) is 1.84. The van der Waals surface area contributed by atoms with Gasteiger partial charge < -0.3 is 9.64 Å². The largest absolute Gasteiger partial charge is 0.372 e. The molecule has 1 aromatic heterocycles. The van der Waals surface area contributed by atoms with E-state index in [-0.39, 0.29) is 30.6 Å². The van der Waals surface area contributed by atoms with Crippen molar-refractivity contribution in [3.63, 3.8) is 0 Å². The number of Topliss-reactive ketones (excluding diaryl/α,β-unsaturated/α-hetero) is 1. The number of rotatable bonds is 7. The first-order valence-electron chi connectivity index (χ1n) is 10.6. The predicted molar refractivity (Wildman–Crippen MR) is 111 cm³/mol. The number of ketones is 1. The Kier molecular flexibility index (Phi) is 6.35. The van der Waals surface area contributed by atoms with Crippen molar-refractivity contribution in [2.24, 2.45) is 0 Å². The van der Waals surface area contributed by atoms with E-state index in [1.807, 2.05) is 29.2 Å². The van der Waals surface area contributed by atoms with E-state index < -0.39 is 0 Å². The SMILES string of the molecule is O=C(CCC(=O)N1CCC(OCc2ccncc2)C1)c1ccc2c(c1)CCCC2. The van der Waals surface area contributed by atoms with Crippen LogP contribution in [0.2, 0.25) is 0 Å². The number of pyridine rings is 1. The van der Waals surface area contributed by atoms with Gasteiger partial charge in [0.25, 0.3) is 0 Å². The molecular formula is C24H28N2O3. The molecule has 0 bridgehead atoms.